The molecule has 92 valence electrons. The average Bonchev–Trinajstić information content (AvgIpc) is 2.33. The number of hydrogen-bond donors (Lipinski definition) is 2. The maximum absolute atomic E-state index is 11.9. The van der Waals surface area contributed by atoms with Gasteiger partial charge < -0.3 is 10.4 Å². The second-order valence-electron chi connectivity index (χ2n) is 4.30. The van der Waals surface area contributed by atoms with Gasteiger partial charge in [0.1, 0.15) is 5.15 Å². The number of rotatable bonds is 2. The highest BCUT2D eigenvalue weighted by Crippen LogP contribution is 2.18. The number of carbonyl (C=O) groups is 1. The molecular formula is C12H15ClN2O2. The van der Waals surface area contributed by atoms with Crippen LogP contribution in [0.4, 0.5) is 0 Å². The van der Waals surface area contributed by atoms with Crippen LogP contribution < -0.4 is 5.32 Å². The van der Waals surface area contributed by atoms with E-state index in [0.29, 0.717) is 10.7 Å². The van der Waals surface area contributed by atoms with Crippen molar-refractivity contribution in [2.75, 3.05) is 0 Å². The predicted molar refractivity (Wildman–Crippen MR) is 65.0 cm³/mol. The molecule has 17 heavy (non-hydrogen) atoms. The lowest BCUT2D eigenvalue weighted by atomic mass is 9.92. The van der Waals surface area contributed by atoms with Crippen LogP contribution in [0.25, 0.3) is 0 Å². The molecule has 0 bridgehead atoms. The van der Waals surface area contributed by atoms with Crippen molar-refractivity contribution in [1.29, 1.82) is 0 Å². The summed E-state index contributed by atoms with van der Waals surface area (Å²) in [6.45, 7) is 0. The van der Waals surface area contributed by atoms with E-state index in [0.717, 1.165) is 25.7 Å². The Labute approximate surface area is 105 Å². The van der Waals surface area contributed by atoms with Crippen LogP contribution >= 0.6 is 11.6 Å². The molecule has 1 heterocycles. The van der Waals surface area contributed by atoms with Crippen LogP contribution in [-0.2, 0) is 0 Å². The van der Waals surface area contributed by atoms with E-state index in [1.807, 2.05) is 0 Å². The predicted octanol–water partition coefficient (Wildman–Crippen LogP) is 1.77. The van der Waals surface area contributed by atoms with E-state index in [1.54, 1.807) is 12.1 Å². The van der Waals surface area contributed by atoms with Gasteiger partial charge in [-0.05, 0) is 25.0 Å². The zero-order valence-electron chi connectivity index (χ0n) is 9.40. The van der Waals surface area contributed by atoms with E-state index in [1.165, 1.54) is 6.20 Å². The first kappa shape index (κ1) is 12.3. The van der Waals surface area contributed by atoms with Crippen LogP contribution in [0.1, 0.15) is 36.0 Å². The molecule has 1 aliphatic carbocycles. The van der Waals surface area contributed by atoms with E-state index in [-0.39, 0.29) is 11.9 Å². The summed E-state index contributed by atoms with van der Waals surface area (Å²) in [5.74, 6) is -0.208. The van der Waals surface area contributed by atoms with Gasteiger partial charge in [0.05, 0.1) is 17.7 Å². The molecule has 2 rings (SSSR count). The molecule has 1 aliphatic rings. The second-order valence-corrected chi connectivity index (χ2v) is 4.69. The van der Waals surface area contributed by atoms with Gasteiger partial charge in [-0.25, -0.2) is 4.98 Å². The number of hydrogen-bond acceptors (Lipinski definition) is 3. The zero-order valence-corrected chi connectivity index (χ0v) is 10.2. The summed E-state index contributed by atoms with van der Waals surface area (Å²) in [7, 11) is 0. The number of halogens is 1. The normalized spacial score (nSPS) is 24.4. The Bertz CT molecular complexity index is 394. The third kappa shape index (κ3) is 3.17. The van der Waals surface area contributed by atoms with Crippen LogP contribution in [0.15, 0.2) is 18.3 Å². The van der Waals surface area contributed by atoms with E-state index in [9.17, 15) is 9.90 Å². The van der Waals surface area contributed by atoms with Gasteiger partial charge in [0, 0.05) is 6.20 Å². The van der Waals surface area contributed by atoms with E-state index in [2.05, 4.69) is 10.3 Å². The van der Waals surface area contributed by atoms with Gasteiger partial charge >= 0.3 is 0 Å². The van der Waals surface area contributed by atoms with Gasteiger partial charge in [0.25, 0.3) is 5.91 Å². The van der Waals surface area contributed by atoms with Crippen LogP contribution in [0.5, 0.6) is 0 Å². The quantitative estimate of drug-likeness (QED) is 0.791. The SMILES string of the molecule is O=C(N[C@H]1CCCC[C@@H]1O)c1ccc(Cl)nc1. The molecule has 0 spiro atoms. The molecule has 4 nitrogen and oxygen atoms in total. The Hall–Kier alpha value is -1.13. The molecular weight excluding hydrogens is 240 g/mol. The Morgan fingerprint density at radius 2 is 2.18 bits per heavy atom. The molecule has 2 N–H and O–H groups in total. The summed E-state index contributed by atoms with van der Waals surface area (Å²) in [5.41, 5.74) is 0.465. The first-order chi connectivity index (χ1) is 8.16. The van der Waals surface area contributed by atoms with E-state index >= 15 is 0 Å². The summed E-state index contributed by atoms with van der Waals surface area (Å²) >= 11 is 5.65. The number of pyridine rings is 1. The highest BCUT2D eigenvalue weighted by Gasteiger charge is 2.24. The number of amides is 1. The number of nitrogens with zero attached hydrogens (tertiary/aromatic N) is 1. The number of carbonyl (C=O) groups excluding carboxylic acids is 1. The minimum atomic E-state index is -0.437. The van der Waals surface area contributed by atoms with Crippen LogP contribution in [0.2, 0.25) is 5.15 Å². The fourth-order valence-electron chi connectivity index (χ4n) is 2.04. The van der Waals surface area contributed by atoms with Crippen LogP contribution in [0.3, 0.4) is 0 Å². The number of aromatic nitrogens is 1. The van der Waals surface area contributed by atoms with Crippen LogP contribution in [0, 0.1) is 0 Å². The first-order valence-electron chi connectivity index (χ1n) is 5.77. The molecule has 1 aromatic heterocycles. The lowest BCUT2D eigenvalue weighted by Crippen LogP contribution is -2.45. The molecule has 0 unspecified atom stereocenters. The fourth-order valence-corrected chi connectivity index (χ4v) is 2.15. The lowest BCUT2D eigenvalue weighted by molar-refractivity contribution is 0.0717. The molecule has 2 atom stereocenters. The standard InChI is InChI=1S/C12H15ClN2O2/c13-11-6-5-8(7-14-11)12(17)15-9-3-1-2-4-10(9)16/h5-7,9-10,16H,1-4H2,(H,15,17)/t9-,10-/m0/s1. The lowest BCUT2D eigenvalue weighted by Gasteiger charge is -2.28. The van der Waals surface area contributed by atoms with Crippen molar-refractivity contribution < 1.29 is 9.90 Å². The molecule has 0 aliphatic heterocycles. The van der Waals surface area contributed by atoms with Crippen molar-refractivity contribution in [2.24, 2.45) is 0 Å². The van der Waals surface area contributed by atoms with Gasteiger partial charge in [0.15, 0.2) is 0 Å². The minimum absolute atomic E-state index is 0.146. The molecule has 0 saturated heterocycles. The van der Waals surface area contributed by atoms with Gasteiger partial charge in [-0.1, -0.05) is 24.4 Å². The van der Waals surface area contributed by atoms with Crippen molar-refractivity contribution in [2.45, 2.75) is 37.8 Å². The Morgan fingerprint density at radius 3 is 2.82 bits per heavy atom. The third-order valence-electron chi connectivity index (χ3n) is 3.04. The summed E-state index contributed by atoms with van der Waals surface area (Å²) in [6.07, 6.45) is 4.65. The highest BCUT2D eigenvalue weighted by molar-refractivity contribution is 6.29. The van der Waals surface area contributed by atoms with Gasteiger partial charge in [-0.3, -0.25) is 4.79 Å². The monoisotopic (exact) mass is 254 g/mol. The maximum atomic E-state index is 11.9. The van der Waals surface area contributed by atoms with Crippen LogP contribution in [-0.4, -0.2) is 28.1 Å². The fraction of sp³-hybridized carbons (Fsp3) is 0.500. The van der Waals surface area contributed by atoms with Gasteiger partial charge in [-0.2, -0.15) is 0 Å². The van der Waals surface area contributed by atoms with E-state index < -0.39 is 6.10 Å². The van der Waals surface area contributed by atoms with Crippen molar-refractivity contribution in [3.63, 3.8) is 0 Å². The highest BCUT2D eigenvalue weighted by atomic mass is 35.5. The zero-order chi connectivity index (χ0) is 12.3. The Balaban J connectivity index is 1.98. The number of aliphatic hydroxyl groups excluding tert-OH is 1. The largest absolute Gasteiger partial charge is 0.391 e. The second kappa shape index (κ2) is 5.47. The summed E-state index contributed by atoms with van der Waals surface area (Å²) in [6, 6.07) is 3.06. The molecule has 1 saturated carbocycles. The molecule has 1 fully saturated rings. The summed E-state index contributed by atoms with van der Waals surface area (Å²) in [5, 5.41) is 13.0. The molecule has 0 aromatic carbocycles. The minimum Gasteiger partial charge on any atom is -0.391 e. The topological polar surface area (TPSA) is 62.2 Å². The molecule has 0 radical (unpaired) electrons. The number of aliphatic hydroxyl groups is 1. The molecule has 1 aromatic rings. The third-order valence-corrected chi connectivity index (χ3v) is 3.26. The van der Waals surface area contributed by atoms with E-state index in [4.69, 9.17) is 11.6 Å². The van der Waals surface area contributed by atoms with Crippen molar-refractivity contribution in [3.8, 4) is 0 Å². The van der Waals surface area contributed by atoms with Crippen molar-refractivity contribution in [1.82, 2.24) is 10.3 Å². The van der Waals surface area contributed by atoms with Crippen molar-refractivity contribution >= 4 is 17.5 Å². The van der Waals surface area contributed by atoms with Crippen molar-refractivity contribution in [3.05, 3.63) is 29.0 Å². The van der Waals surface area contributed by atoms with Gasteiger partial charge in [-0.15, -0.1) is 0 Å². The summed E-state index contributed by atoms with van der Waals surface area (Å²) in [4.78, 5) is 15.7. The summed E-state index contributed by atoms with van der Waals surface area (Å²) < 4.78 is 0. The Morgan fingerprint density at radius 1 is 1.41 bits per heavy atom. The Kier molecular flexibility index (Phi) is 3.97. The smallest absolute Gasteiger partial charge is 0.253 e. The molecule has 1 amide bonds. The maximum Gasteiger partial charge on any atom is 0.253 e. The average molecular weight is 255 g/mol. The molecule has 5 heteroatoms. The number of nitrogens with one attached hydrogen (secondary N) is 1. The first-order valence-corrected chi connectivity index (χ1v) is 6.15. The van der Waals surface area contributed by atoms with Gasteiger partial charge in [0.2, 0.25) is 0 Å².